The number of nitrogens with two attached hydrogens (primary N) is 1. The summed E-state index contributed by atoms with van der Waals surface area (Å²) in [6, 6.07) is 4.93. The van der Waals surface area contributed by atoms with E-state index in [-0.39, 0.29) is 5.82 Å². The molecule has 5 heteroatoms. The fraction of sp³-hybridized carbons (Fsp3) is 0.308. The lowest BCUT2D eigenvalue weighted by molar-refractivity contribution is 0.630. The van der Waals surface area contributed by atoms with E-state index in [9.17, 15) is 4.39 Å². The first-order valence-electron chi connectivity index (χ1n) is 5.68. The standard InChI is InChI=1S/C13H14BrFN2S/c1-7(2)12-10(6-16)18-13(17-12)11-8(14)4-3-5-9(11)15/h3-5,7H,6,16H2,1-2H3. The molecule has 0 aliphatic rings. The summed E-state index contributed by atoms with van der Waals surface area (Å²) in [4.78, 5) is 5.56. The van der Waals surface area contributed by atoms with E-state index < -0.39 is 0 Å². The number of thiazole rings is 1. The summed E-state index contributed by atoms with van der Waals surface area (Å²) in [6.07, 6.45) is 0. The Kier molecular flexibility index (Phi) is 4.14. The summed E-state index contributed by atoms with van der Waals surface area (Å²) < 4.78 is 14.6. The van der Waals surface area contributed by atoms with Gasteiger partial charge in [-0.3, -0.25) is 0 Å². The zero-order chi connectivity index (χ0) is 13.3. The number of halogens is 2. The third kappa shape index (κ3) is 2.48. The van der Waals surface area contributed by atoms with E-state index in [4.69, 9.17) is 5.73 Å². The first-order valence-corrected chi connectivity index (χ1v) is 7.29. The molecule has 0 aliphatic heterocycles. The van der Waals surface area contributed by atoms with Crippen LogP contribution in [0.4, 0.5) is 4.39 Å². The largest absolute Gasteiger partial charge is 0.326 e. The average molecular weight is 329 g/mol. The van der Waals surface area contributed by atoms with Gasteiger partial charge in [0.2, 0.25) is 0 Å². The second-order valence-electron chi connectivity index (χ2n) is 4.28. The maximum absolute atomic E-state index is 13.9. The van der Waals surface area contributed by atoms with Crippen molar-refractivity contribution >= 4 is 27.3 Å². The van der Waals surface area contributed by atoms with Crippen molar-refractivity contribution in [3.63, 3.8) is 0 Å². The van der Waals surface area contributed by atoms with Gasteiger partial charge in [0.05, 0.1) is 11.3 Å². The Morgan fingerprint density at radius 2 is 2.17 bits per heavy atom. The smallest absolute Gasteiger partial charge is 0.134 e. The molecule has 0 amide bonds. The van der Waals surface area contributed by atoms with Gasteiger partial charge in [0.15, 0.2) is 0 Å². The molecule has 0 fully saturated rings. The first-order chi connectivity index (χ1) is 8.54. The van der Waals surface area contributed by atoms with E-state index in [2.05, 4.69) is 34.8 Å². The number of aromatic nitrogens is 1. The highest BCUT2D eigenvalue weighted by Gasteiger charge is 2.18. The molecule has 1 heterocycles. The van der Waals surface area contributed by atoms with Crippen LogP contribution in [0.15, 0.2) is 22.7 Å². The normalized spacial score (nSPS) is 11.2. The van der Waals surface area contributed by atoms with Gasteiger partial charge in [-0.15, -0.1) is 11.3 Å². The predicted molar refractivity (Wildman–Crippen MR) is 77.2 cm³/mol. The Bertz CT molecular complexity index is 546. The van der Waals surface area contributed by atoms with Crippen molar-refractivity contribution in [1.29, 1.82) is 0 Å². The van der Waals surface area contributed by atoms with Gasteiger partial charge in [-0.2, -0.15) is 0 Å². The van der Waals surface area contributed by atoms with E-state index in [1.54, 1.807) is 6.07 Å². The summed E-state index contributed by atoms with van der Waals surface area (Å²) in [5.41, 5.74) is 7.20. The van der Waals surface area contributed by atoms with E-state index in [1.807, 2.05) is 6.07 Å². The highest BCUT2D eigenvalue weighted by Crippen LogP contribution is 2.36. The topological polar surface area (TPSA) is 38.9 Å². The van der Waals surface area contributed by atoms with Crippen molar-refractivity contribution in [1.82, 2.24) is 4.98 Å². The number of rotatable bonds is 3. The minimum atomic E-state index is -0.267. The molecule has 0 atom stereocenters. The van der Waals surface area contributed by atoms with Crippen LogP contribution in [0.3, 0.4) is 0 Å². The molecule has 2 rings (SSSR count). The second-order valence-corrected chi connectivity index (χ2v) is 6.22. The van der Waals surface area contributed by atoms with Gasteiger partial charge in [-0.25, -0.2) is 9.37 Å². The van der Waals surface area contributed by atoms with Crippen molar-refractivity contribution in [2.24, 2.45) is 5.73 Å². The molecular formula is C13H14BrFN2S. The van der Waals surface area contributed by atoms with E-state index >= 15 is 0 Å². The number of hydrogen-bond acceptors (Lipinski definition) is 3. The van der Waals surface area contributed by atoms with E-state index in [1.165, 1.54) is 17.4 Å². The van der Waals surface area contributed by atoms with Gasteiger partial charge in [-0.1, -0.05) is 19.9 Å². The predicted octanol–water partition coefficient (Wildman–Crippen LogP) is 4.29. The molecule has 2 N–H and O–H groups in total. The maximum Gasteiger partial charge on any atom is 0.134 e. The first kappa shape index (κ1) is 13.6. The van der Waals surface area contributed by atoms with Crippen molar-refractivity contribution in [2.45, 2.75) is 26.3 Å². The molecule has 1 aromatic heterocycles. The number of benzene rings is 1. The van der Waals surface area contributed by atoms with Gasteiger partial charge < -0.3 is 5.73 Å². The minimum absolute atomic E-state index is 0.267. The molecule has 96 valence electrons. The summed E-state index contributed by atoms with van der Waals surface area (Å²) in [7, 11) is 0. The van der Waals surface area contributed by atoms with Crippen LogP contribution in [0.5, 0.6) is 0 Å². The molecule has 2 aromatic rings. The average Bonchev–Trinajstić information content (AvgIpc) is 2.73. The van der Waals surface area contributed by atoms with Crippen molar-refractivity contribution in [3.05, 3.63) is 39.1 Å². The Balaban J connectivity index is 2.58. The Morgan fingerprint density at radius 1 is 1.44 bits per heavy atom. The van der Waals surface area contributed by atoms with Crippen LogP contribution < -0.4 is 5.73 Å². The van der Waals surface area contributed by atoms with Crippen molar-refractivity contribution in [2.75, 3.05) is 0 Å². The van der Waals surface area contributed by atoms with Crippen LogP contribution >= 0.6 is 27.3 Å². The summed E-state index contributed by atoms with van der Waals surface area (Å²) in [6.45, 7) is 4.57. The Morgan fingerprint density at radius 3 is 2.67 bits per heavy atom. The molecule has 0 aliphatic carbocycles. The fourth-order valence-electron chi connectivity index (χ4n) is 1.77. The summed E-state index contributed by atoms with van der Waals surface area (Å²) >= 11 is 4.84. The molecule has 0 unspecified atom stereocenters. The van der Waals surface area contributed by atoms with Crippen LogP contribution in [-0.2, 0) is 6.54 Å². The molecule has 0 saturated carbocycles. The second kappa shape index (κ2) is 5.47. The van der Waals surface area contributed by atoms with Gasteiger partial charge in [-0.05, 0) is 34.0 Å². The highest BCUT2D eigenvalue weighted by atomic mass is 79.9. The molecule has 18 heavy (non-hydrogen) atoms. The summed E-state index contributed by atoms with van der Waals surface area (Å²) in [5.74, 6) is 0.0242. The molecule has 1 aromatic carbocycles. The van der Waals surface area contributed by atoms with E-state index in [0.29, 0.717) is 23.0 Å². The fourth-order valence-corrected chi connectivity index (χ4v) is 3.59. The lowest BCUT2D eigenvalue weighted by Crippen LogP contribution is -1.99. The molecule has 0 bridgehead atoms. The van der Waals surface area contributed by atoms with Crippen LogP contribution in [0.1, 0.15) is 30.3 Å². The zero-order valence-corrected chi connectivity index (χ0v) is 12.6. The molecule has 0 spiro atoms. The molecule has 2 nitrogen and oxygen atoms in total. The van der Waals surface area contributed by atoms with E-state index in [0.717, 1.165) is 15.0 Å². The summed E-state index contributed by atoms with van der Waals surface area (Å²) in [5, 5.41) is 0.684. The third-order valence-electron chi connectivity index (χ3n) is 2.64. The van der Waals surface area contributed by atoms with Crippen LogP contribution in [0, 0.1) is 5.82 Å². The molecule has 0 radical (unpaired) electrons. The Labute approximate surface area is 118 Å². The molecule has 0 saturated heterocycles. The maximum atomic E-state index is 13.9. The SMILES string of the molecule is CC(C)c1nc(-c2c(F)cccc2Br)sc1CN. The quantitative estimate of drug-likeness (QED) is 0.912. The van der Waals surface area contributed by atoms with Crippen molar-refractivity contribution in [3.8, 4) is 10.6 Å². The highest BCUT2D eigenvalue weighted by molar-refractivity contribution is 9.10. The van der Waals surface area contributed by atoms with Gasteiger partial charge in [0, 0.05) is 15.9 Å². The third-order valence-corrected chi connectivity index (χ3v) is 4.41. The van der Waals surface area contributed by atoms with Crippen LogP contribution in [-0.4, -0.2) is 4.98 Å². The lowest BCUT2D eigenvalue weighted by Gasteiger charge is -2.02. The van der Waals surface area contributed by atoms with Gasteiger partial charge in [0.25, 0.3) is 0 Å². The van der Waals surface area contributed by atoms with Gasteiger partial charge >= 0.3 is 0 Å². The van der Waals surface area contributed by atoms with Crippen molar-refractivity contribution < 1.29 is 4.39 Å². The Hall–Kier alpha value is -0.780. The zero-order valence-electron chi connectivity index (χ0n) is 10.2. The monoisotopic (exact) mass is 328 g/mol. The number of hydrogen-bond donors (Lipinski definition) is 1. The van der Waals surface area contributed by atoms with Crippen LogP contribution in [0.25, 0.3) is 10.6 Å². The van der Waals surface area contributed by atoms with Gasteiger partial charge in [0.1, 0.15) is 10.8 Å². The molecular weight excluding hydrogens is 315 g/mol. The number of nitrogens with zero attached hydrogens (tertiary/aromatic N) is 1. The lowest BCUT2D eigenvalue weighted by atomic mass is 10.1. The minimum Gasteiger partial charge on any atom is -0.326 e. The van der Waals surface area contributed by atoms with Crippen LogP contribution in [0.2, 0.25) is 0 Å².